The fraction of sp³-hybridized carbons (Fsp3) is 0.320. The molecule has 0 bridgehead atoms. The molecule has 0 saturated carbocycles. The molecule has 162 valence electrons. The average molecular weight is 481 g/mol. The van der Waals surface area contributed by atoms with Gasteiger partial charge in [0.05, 0.1) is 11.6 Å². The van der Waals surface area contributed by atoms with Crippen LogP contribution in [0.3, 0.4) is 0 Å². The number of benzene rings is 1. The van der Waals surface area contributed by atoms with Crippen LogP contribution < -0.4 is 0 Å². The van der Waals surface area contributed by atoms with Gasteiger partial charge < -0.3 is 4.90 Å². The molecule has 1 aromatic carbocycles. The number of nitrogens with zero attached hydrogens (tertiary/aromatic N) is 4. The van der Waals surface area contributed by atoms with Gasteiger partial charge in [0.15, 0.2) is 0 Å². The third kappa shape index (κ3) is 6.88. The van der Waals surface area contributed by atoms with E-state index in [2.05, 4.69) is 57.5 Å². The van der Waals surface area contributed by atoms with Crippen molar-refractivity contribution in [3.63, 3.8) is 0 Å². The van der Waals surface area contributed by atoms with Crippen LogP contribution in [-0.4, -0.2) is 62.7 Å². The number of nitriles is 1. The van der Waals surface area contributed by atoms with Crippen molar-refractivity contribution in [1.29, 1.82) is 5.26 Å². The summed E-state index contributed by atoms with van der Waals surface area (Å²) in [5.74, 6) is -0.0980. The number of hydrogen-bond donors (Lipinski definition) is 0. The topological polar surface area (TPSA) is 59.7 Å². The second-order valence-electron chi connectivity index (χ2n) is 7.72. The Morgan fingerprint density at radius 1 is 1.42 bits per heavy atom. The summed E-state index contributed by atoms with van der Waals surface area (Å²) in [6, 6.07) is 7.65. The maximum atomic E-state index is 12.2. The van der Waals surface area contributed by atoms with E-state index in [4.69, 9.17) is 0 Å². The first-order valence-electron chi connectivity index (χ1n) is 10.1. The molecule has 1 aliphatic heterocycles. The Hall–Kier alpha value is -2.75. The van der Waals surface area contributed by atoms with Crippen molar-refractivity contribution in [3.8, 4) is 6.07 Å². The molecule has 5 nitrogen and oxygen atoms in total. The molecular formula is C25H29BrN4O. The van der Waals surface area contributed by atoms with Crippen LogP contribution in [0.1, 0.15) is 34.8 Å². The van der Waals surface area contributed by atoms with E-state index in [0.29, 0.717) is 11.1 Å². The molecular weight excluding hydrogens is 452 g/mol. The van der Waals surface area contributed by atoms with Crippen molar-refractivity contribution >= 4 is 33.6 Å². The number of carbonyl (C=O) groups excluding carboxylic acids is 1. The smallest absolute Gasteiger partial charge is 0.253 e. The zero-order valence-corrected chi connectivity index (χ0v) is 20.2. The minimum absolute atomic E-state index is 0.0980. The van der Waals surface area contributed by atoms with Crippen molar-refractivity contribution in [2.75, 3.05) is 40.8 Å². The number of halogens is 1. The standard InChI is InChI=1S/C25H29BrN4O/c1-18(14-19(2)24(26)8-11-28-3)17-30-12-9-20(10-13-30)23-7-6-21(15-22(23)16-27)25(31)29(4)5/h6-9,11,14-15H,2,10,12-13,17H2,1,3-5H3/b18-14+,24-8+,28-11?. The minimum atomic E-state index is -0.0980. The molecule has 6 heteroatoms. The molecule has 0 atom stereocenters. The van der Waals surface area contributed by atoms with Gasteiger partial charge in [-0.1, -0.05) is 46.3 Å². The molecule has 0 spiro atoms. The highest BCUT2D eigenvalue weighted by Crippen LogP contribution is 2.27. The molecule has 1 amide bonds. The van der Waals surface area contributed by atoms with E-state index >= 15 is 0 Å². The minimum Gasteiger partial charge on any atom is -0.345 e. The van der Waals surface area contributed by atoms with Gasteiger partial charge >= 0.3 is 0 Å². The molecule has 0 aromatic heterocycles. The first-order valence-corrected chi connectivity index (χ1v) is 10.9. The van der Waals surface area contributed by atoms with Crippen LogP contribution in [0.5, 0.6) is 0 Å². The van der Waals surface area contributed by atoms with Crippen molar-refractivity contribution in [2.24, 2.45) is 4.99 Å². The molecule has 0 fully saturated rings. The van der Waals surface area contributed by atoms with Crippen LogP contribution >= 0.6 is 15.9 Å². The van der Waals surface area contributed by atoms with E-state index in [9.17, 15) is 10.1 Å². The van der Waals surface area contributed by atoms with E-state index < -0.39 is 0 Å². The Balaban J connectivity index is 2.08. The summed E-state index contributed by atoms with van der Waals surface area (Å²) in [6.07, 6.45) is 8.74. The fourth-order valence-electron chi connectivity index (χ4n) is 3.42. The number of carbonyl (C=O) groups is 1. The number of rotatable bonds is 7. The molecule has 0 N–H and O–H groups in total. The summed E-state index contributed by atoms with van der Waals surface area (Å²) < 4.78 is 0.915. The molecule has 1 heterocycles. The lowest BCUT2D eigenvalue weighted by Gasteiger charge is -2.27. The van der Waals surface area contributed by atoms with E-state index in [0.717, 1.165) is 47.2 Å². The highest BCUT2D eigenvalue weighted by atomic mass is 79.9. The number of aliphatic imine (C=N–C) groups is 1. The second-order valence-corrected chi connectivity index (χ2v) is 8.58. The molecule has 2 rings (SSSR count). The van der Waals surface area contributed by atoms with Crippen LogP contribution in [0, 0.1) is 11.3 Å². The van der Waals surface area contributed by atoms with E-state index in [1.807, 2.05) is 12.1 Å². The summed E-state index contributed by atoms with van der Waals surface area (Å²) in [5.41, 5.74) is 5.31. The lowest BCUT2D eigenvalue weighted by molar-refractivity contribution is 0.0827. The Bertz CT molecular complexity index is 1010. The van der Waals surface area contributed by atoms with Crippen LogP contribution in [0.15, 0.2) is 63.6 Å². The van der Waals surface area contributed by atoms with Crippen LogP contribution in [-0.2, 0) is 0 Å². The van der Waals surface area contributed by atoms with Crippen molar-refractivity contribution < 1.29 is 4.79 Å². The third-order valence-corrected chi connectivity index (χ3v) is 5.78. The van der Waals surface area contributed by atoms with Gasteiger partial charge in [-0.2, -0.15) is 5.26 Å². The lowest BCUT2D eigenvalue weighted by atomic mass is 9.93. The monoisotopic (exact) mass is 480 g/mol. The van der Waals surface area contributed by atoms with Gasteiger partial charge in [-0.15, -0.1) is 0 Å². The van der Waals surface area contributed by atoms with Crippen molar-refractivity contribution in [1.82, 2.24) is 9.80 Å². The van der Waals surface area contributed by atoms with Gasteiger partial charge in [0.2, 0.25) is 0 Å². The Morgan fingerprint density at radius 3 is 2.74 bits per heavy atom. The lowest BCUT2D eigenvalue weighted by Crippen LogP contribution is -2.30. The van der Waals surface area contributed by atoms with Crippen molar-refractivity contribution in [2.45, 2.75) is 13.3 Å². The fourth-order valence-corrected chi connectivity index (χ4v) is 3.65. The Morgan fingerprint density at radius 2 is 2.16 bits per heavy atom. The number of allylic oxidation sites excluding steroid dienone is 4. The van der Waals surface area contributed by atoms with E-state index in [1.165, 1.54) is 10.5 Å². The largest absolute Gasteiger partial charge is 0.345 e. The second kappa shape index (κ2) is 11.6. The van der Waals surface area contributed by atoms with Gasteiger partial charge in [-0.05, 0) is 48.3 Å². The summed E-state index contributed by atoms with van der Waals surface area (Å²) in [5, 5.41) is 9.60. The van der Waals surface area contributed by atoms with Crippen LogP contribution in [0.2, 0.25) is 0 Å². The predicted octanol–water partition coefficient (Wildman–Crippen LogP) is 4.83. The molecule has 1 aromatic rings. The van der Waals surface area contributed by atoms with Gasteiger partial charge in [0, 0.05) is 57.0 Å². The molecule has 0 saturated heterocycles. The first-order chi connectivity index (χ1) is 14.8. The van der Waals surface area contributed by atoms with Crippen LogP contribution in [0.4, 0.5) is 0 Å². The Labute approximate surface area is 193 Å². The van der Waals surface area contributed by atoms with Gasteiger partial charge in [0.1, 0.15) is 0 Å². The quantitative estimate of drug-likeness (QED) is 0.414. The molecule has 31 heavy (non-hydrogen) atoms. The molecule has 0 unspecified atom stereocenters. The SMILES string of the molecule is C=C(/C=C(\C)CN1CC=C(c2ccc(C(=O)N(C)C)cc2C#N)CC1)/C(Br)=C\C=NC. The van der Waals surface area contributed by atoms with E-state index in [-0.39, 0.29) is 5.91 Å². The first kappa shape index (κ1) is 24.5. The highest BCUT2D eigenvalue weighted by Gasteiger charge is 2.17. The van der Waals surface area contributed by atoms with Gasteiger partial charge in [-0.3, -0.25) is 14.7 Å². The van der Waals surface area contributed by atoms with Crippen LogP contribution in [0.25, 0.3) is 5.57 Å². The summed E-state index contributed by atoms with van der Waals surface area (Å²) in [6.45, 7) is 8.78. The maximum absolute atomic E-state index is 12.2. The Kier molecular flexibility index (Phi) is 9.17. The predicted molar refractivity (Wildman–Crippen MR) is 133 cm³/mol. The molecule has 0 aliphatic carbocycles. The third-order valence-electron chi connectivity index (χ3n) is 5.00. The maximum Gasteiger partial charge on any atom is 0.253 e. The van der Waals surface area contributed by atoms with Gasteiger partial charge in [0.25, 0.3) is 5.91 Å². The van der Waals surface area contributed by atoms with Gasteiger partial charge in [-0.25, -0.2) is 0 Å². The van der Waals surface area contributed by atoms with E-state index in [1.54, 1.807) is 39.5 Å². The zero-order valence-electron chi connectivity index (χ0n) is 18.7. The van der Waals surface area contributed by atoms with Crippen molar-refractivity contribution in [3.05, 3.63) is 75.3 Å². The summed E-state index contributed by atoms with van der Waals surface area (Å²) in [7, 11) is 5.15. The summed E-state index contributed by atoms with van der Waals surface area (Å²) in [4.78, 5) is 20.0. The normalized spacial score (nSPS) is 15.5. The highest BCUT2D eigenvalue weighted by molar-refractivity contribution is 9.12. The average Bonchev–Trinajstić information content (AvgIpc) is 2.76. The zero-order chi connectivity index (χ0) is 23.0. The number of hydrogen-bond acceptors (Lipinski definition) is 4. The molecule has 0 radical (unpaired) electrons. The number of amides is 1. The molecule has 1 aliphatic rings. The summed E-state index contributed by atoms with van der Waals surface area (Å²) >= 11 is 3.52.